The number of benzene rings is 2. The molecule has 2 aromatic carbocycles. The van der Waals surface area contributed by atoms with E-state index < -0.39 is 44.2 Å². The predicted molar refractivity (Wildman–Crippen MR) is 141 cm³/mol. The number of H-pyrrole nitrogens is 1. The smallest absolute Gasteiger partial charge is 0.225 e. The molecule has 0 aliphatic heterocycles. The van der Waals surface area contributed by atoms with Crippen LogP contribution in [0.5, 0.6) is 0 Å². The topological polar surface area (TPSA) is 126 Å². The fraction of sp³-hybridized carbons (Fsp3) is 0.259. The standard InChI is InChI=1S/C27H27FN3O5S/c1-4-5-13-37(35,36)31(34)23-8-6-7-20(24(23)28)25(32)22-16-30-26-21(22)14-18(15-29-26)17-9-11-19(12-10-17)27(2,3)33/h6-12,14-16,33H,4-5,13H2,1-3H3,(H,29,30)/q-1. The van der Waals surface area contributed by atoms with Crippen molar-refractivity contribution >= 4 is 32.5 Å². The third-order valence-corrected chi connectivity index (χ3v) is 7.64. The molecule has 2 aromatic heterocycles. The number of carbonyl (C=O) groups is 1. The summed E-state index contributed by atoms with van der Waals surface area (Å²) in [6.45, 7) is 5.15. The molecule has 37 heavy (non-hydrogen) atoms. The van der Waals surface area contributed by atoms with Crippen LogP contribution in [0.15, 0.2) is 60.9 Å². The Kier molecular flexibility index (Phi) is 7.18. The van der Waals surface area contributed by atoms with Crippen LogP contribution in [0.25, 0.3) is 22.2 Å². The van der Waals surface area contributed by atoms with Gasteiger partial charge in [0.2, 0.25) is 10.0 Å². The minimum atomic E-state index is -4.28. The molecule has 0 spiro atoms. The Bertz CT molecular complexity index is 1560. The van der Waals surface area contributed by atoms with Gasteiger partial charge in [-0.15, -0.1) is 0 Å². The summed E-state index contributed by atoms with van der Waals surface area (Å²) in [5.74, 6) is -2.34. The number of nitrogens with zero attached hydrogens (tertiary/aromatic N) is 2. The zero-order valence-electron chi connectivity index (χ0n) is 20.7. The van der Waals surface area contributed by atoms with Gasteiger partial charge in [-0.3, -0.25) is 4.79 Å². The highest BCUT2D eigenvalue weighted by atomic mass is 32.2. The number of anilines is 1. The third kappa shape index (κ3) is 5.27. The van der Waals surface area contributed by atoms with E-state index in [0.717, 1.165) is 17.2 Å². The number of ketones is 1. The molecule has 2 heterocycles. The van der Waals surface area contributed by atoms with E-state index in [1.165, 1.54) is 18.3 Å². The van der Waals surface area contributed by atoms with Gasteiger partial charge < -0.3 is 19.8 Å². The second kappa shape index (κ2) is 10.0. The summed E-state index contributed by atoms with van der Waals surface area (Å²) in [5.41, 5.74) is 0.623. The van der Waals surface area contributed by atoms with Crippen LogP contribution < -0.4 is 4.47 Å². The number of hydrogen-bond acceptors (Lipinski definition) is 6. The Morgan fingerprint density at radius 1 is 1.14 bits per heavy atom. The van der Waals surface area contributed by atoms with Crippen molar-refractivity contribution in [1.82, 2.24) is 9.97 Å². The van der Waals surface area contributed by atoms with E-state index in [1.807, 2.05) is 12.1 Å². The summed E-state index contributed by atoms with van der Waals surface area (Å²) in [4.78, 5) is 20.6. The van der Waals surface area contributed by atoms with Crippen molar-refractivity contribution in [3.8, 4) is 11.1 Å². The van der Waals surface area contributed by atoms with Gasteiger partial charge in [0.05, 0.1) is 22.6 Å². The highest BCUT2D eigenvalue weighted by Gasteiger charge is 2.24. The molecule has 0 aliphatic carbocycles. The summed E-state index contributed by atoms with van der Waals surface area (Å²) in [6, 6.07) is 12.5. The van der Waals surface area contributed by atoms with E-state index in [9.17, 15) is 23.5 Å². The van der Waals surface area contributed by atoms with Crippen molar-refractivity contribution in [2.45, 2.75) is 39.2 Å². The molecule has 10 heteroatoms. The average molecular weight is 525 g/mol. The number of hydrogen-bond donors (Lipinski definition) is 2. The number of sulfonamides is 1. The lowest BCUT2D eigenvalue weighted by molar-refractivity contribution is 0.0786. The largest absolute Gasteiger partial charge is 0.744 e. The molecular weight excluding hydrogens is 497 g/mol. The summed E-state index contributed by atoms with van der Waals surface area (Å²) < 4.78 is 39.6. The highest BCUT2D eigenvalue weighted by molar-refractivity contribution is 7.92. The molecule has 0 bridgehead atoms. The normalized spacial score (nSPS) is 12.2. The number of halogens is 1. The van der Waals surface area contributed by atoms with Crippen LogP contribution in [0.1, 0.15) is 55.1 Å². The molecule has 0 amide bonds. The zero-order valence-corrected chi connectivity index (χ0v) is 21.5. The van der Waals surface area contributed by atoms with Crippen molar-refractivity contribution in [2.75, 3.05) is 10.2 Å². The number of fused-ring (bicyclic) bond motifs is 1. The van der Waals surface area contributed by atoms with Gasteiger partial charge in [0.1, 0.15) is 5.65 Å². The van der Waals surface area contributed by atoms with Crippen LogP contribution in [-0.4, -0.2) is 35.0 Å². The number of pyridine rings is 1. The van der Waals surface area contributed by atoms with Crippen LogP contribution in [0.4, 0.5) is 10.1 Å². The molecule has 8 nitrogen and oxygen atoms in total. The molecule has 2 N–H and O–H groups in total. The molecule has 0 aliphatic rings. The first-order valence-electron chi connectivity index (χ1n) is 11.8. The number of nitrogens with one attached hydrogen (secondary N) is 1. The van der Waals surface area contributed by atoms with E-state index >= 15 is 4.39 Å². The van der Waals surface area contributed by atoms with Crippen LogP contribution in [0, 0.1) is 11.0 Å². The second-order valence-electron chi connectivity index (χ2n) is 9.32. The van der Waals surface area contributed by atoms with Crippen molar-refractivity contribution in [3.63, 3.8) is 0 Å². The predicted octanol–water partition coefficient (Wildman–Crippen LogP) is 5.26. The molecule has 0 fully saturated rings. The van der Waals surface area contributed by atoms with Gasteiger partial charge in [-0.1, -0.05) is 43.7 Å². The van der Waals surface area contributed by atoms with Gasteiger partial charge in [-0.05, 0) is 49.6 Å². The van der Waals surface area contributed by atoms with Crippen molar-refractivity contribution in [3.05, 3.63) is 88.6 Å². The van der Waals surface area contributed by atoms with Crippen LogP contribution in [-0.2, 0) is 15.6 Å². The molecule has 0 saturated carbocycles. The monoisotopic (exact) mass is 524 g/mol. The van der Waals surface area contributed by atoms with Crippen molar-refractivity contribution < 1.29 is 22.7 Å². The molecule has 0 unspecified atom stereocenters. The minimum absolute atomic E-state index is 0.125. The fourth-order valence-corrected chi connectivity index (χ4v) is 5.22. The van der Waals surface area contributed by atoms with Gasteiger partial charge in [0.25, 0.3) is 0 Å². The maximum Gasteiger partial charge on any atom is 0.225 e. The molecule has 0 radical (unpaired) electrons. The Morgan fingerprint density at radius 2 is 1.84 bits per heavy atom. The van der Waals surface area contributed by atoms with Gasteiger partial charge in [0, 0.05) is 28.9 Å². The SMILES string of the molecule is CCCCS(=O)(=O)N([O-])c1cccc(C(=O)c2c[nH]c3ncc(-c4ccc(C(C)(C)O)cc4)cc23)c1F. The summed E-state index contributed by atoms with van der Waals surface area (Å²) in [5, 5.41) is 23.1. The number of aromatic nitrogens is 2. The van der Waals surface area contributed by atoms with E-state index in [-0.39, 0.29) is 16.5 Å². The number of unbranched alkanes of at least 4 members (excludes halogenated alkanes) is 1. The van der Waals surface area contributed by atoms with E-state index in [0.29, 0.717) is 23.0 Å². The maximum absolute atomic E-state index is 15.3. The van der Waals surface area contributed by atoms with Gasteiger partial charge in [0.15, 0.2) is 11.6 Å². The van der Waals surface area contributed by atoms with Gasteiger partial charge in [-0.25, -0.2) is 17.8 Å². The van der Waals surface area contributed by atoms with Gasteiger partial charge in [-0.2, -0.15) is 0 Å². The quantitative estimate of drug-likeness (QED) is 0.227. The Morgan fingerprint density at radius 3 is 2.49 bits per heavy atom. The first-order chi connectivity index (χ1) is 17.4. The summed E-state index contributed by atoms with van der Waals surface area (Å²) in [7, 11) is -4.28. The van der Waals surface area contributed by atoms with E-state index in [2.05, 4.69) is 9.97 Å². The number of aromatic amines is 1. The lowest BCUT2D eigenvalue weighted by Gasteiger charge is -2.30. The highest BCUT2D eigenvalue weighted by Crippen LogP contribution is 2.30. The molecule has 0 atom stereocenters. The lowest BCUT2D eigenvalue weighted by atomic mass is 9.95. The zero-order chi connectivity index (χ0) is 27.0. The van der Waals surface area contributed by atoms with E-state index in [4.69, 9.17) is 0 Å². The first kappa shape index (κ1) is 26.5. The number of rotatable bonds is 9. The summed E-state index contributed by atoms with van der Waals surface area (Å²) in [6.07, 6.45) is 3.84. The van der Waals surface area contributed by atoms with Crippen molar-refractivity contribution in [2.24, 2.45) is 0 Å². The van der Waals surface area contributed by atoms with Gasteiger partial charge >= 0.3 is 0 Å². The number of aliphatic hydroxyl groups is 1. The van der Waals surface area contributed by atoms with E-state index in [1.54, 1.807) is 45.2 Å². The average Bonchev–Trinajstić information content (AvgIpc) is 3.30. The summed E-state index contributed by atoms with van der Waals surface area (Å²) >= 11 is 0. The molecule has 0 saturated heterocycles. The van der Waals surface area contributed by atoms with Crippen LogP contribution >= 0.6 is 0 Å². The molecule has 4 rings (SSSR count). The van der Waals surface area contributed by atoms with Crippen molar-refractivity contribution in [1.29, 1.82) is 0 Å². The second-order valence-corrected chi connectivity index (χ2v) is 11.2. The molecule has 194 valence electrons. The Labute approximate surface area is 214 Å². The minimum Gasteiger partial charge on any atom is -0.744 e. The first-order valence-corrected chi connectivity index (χ1v) is 13.4. The lowest BCUT2D eigenvalue weighted by Crippen LogP contribution is -2.28. The Hall–Kier alpha value is -3.60. The Balaban J connectivity index is 1.71. The van der Waals surface area contributed by atoms with Crippen LogP contribution in [0.3, 0.4) is 0 Å². The molecule has 4 aromatic rings. The molecular formula is C27H27FN3O5S-. The number of carbonyl (C=O) groups excluding carboxylic acids is 1. The maximum atomic E-state index is 15.3. The fourth-order valence-electron chi connectivity index (χ4n) is 3.96. The van der Waals surface area contributed by atoms with Crippen LogP contribution in [0.2, 0.25) is 0 Å². The third-order valence-electron chi connectivity index (χ3n) is 6.13.